The number of amides is 1. The molecule has 8 heteroatoms. The zero-order valence-electron chi connectivity index (χ0n) is 13.6. The van der Waals surface area contributed by atoms with Crippen LogP contribution in [-0.2, 0) is 6.18 Å². The smallest absolute Gasteiger partial charge is 0.348 e. The second kappa shape index (κ2) is 6.51. The number of benzene rings is 1. The zero-order chi connectivity index (χ0) is 18.2. The fraction of sp³-hybridized carbons (Fsp3) is 0.294. The van der Waals surface area contributed by atoms with Crippen LogP contribution in [0.3, 0.4) is 0 Å². The predicted molar refractivity (Wildman–Crippen MR) is 90.7 cm³/mol. The number of imidazole rings is 1. The lowest BCUT2D eigenvalue weighted by molar-refractivity contribution is -0.137. The topological polar surface area (TPSA) is 46.4 Å². The standard InChI is InChI=1S/C17H16F3N3OS/c1-3-10(2)21-15(24)14-9-25-16-22-13(8-23(14)16)11-4-6-12(7-5-11)17(18,19)20/h4-10H,3H2,1-2H3,(H,21,24). The quantitative estimate of drug-likeness (QED) is 0.732. The maximum absolute atomic E-state index is 12.7. The molecule has 1 aromatic carbocycles. The molecule has 3 rings (SSSR count). The van der Waals surface area contributed by atoms with Crippen molar-refractivity contribution in [3.63, 3.8) is 0 Å². The maximum Gasteiger partial charge on any atom is 0.416 e. The van der Waals surface area contributed by atoms with Crippen LogP contribution < -0.4 is 5.32 Å². The number of hydrogen-bond donors (Lipinski definition) is 1. The van der Waals surface area contributed by atoms with E-state index < -0.39 is 11.7 Å². The summed E-state index contributed by atoms with van der Waals surface area (Å²) in [6.07, 6.45) is -1.88. The van der Waals surface area contributed by atoms with Crippen LogP contribution >= 0.6 is 11.3 Å². The molecule has 2 heterocycles. The normalized spacial score (nSPS) is 13.2. The van der Waals surface area contributed by atoms with Gasteiger partial charge in [0.05, 0.1) is 11.3 Å². The second-order valence-corrected chi connectivity index (χ2v) is 6.59. The number of nitrogens with zero attached hydrogens (tertiary/aromatic N) is 2. The summed E-state index contributed by atoms with van der Waals surface area (Å²) in [7, 11) is 0. The molecule has 1 unspecified atom stereocenters. The number of halogens is 3. The van der Waals surface area contributed by atoms with E-state index in [-0.39, 0.29) is 11.9 Å². The predicted octanol–water partition coefficient (Wildman–Crippen LogP) is 4.61. The largest absolute Gasteiger partial charge is 0.416 e. The van der Waals surface area contributed by atoms with Crippen LogP contribution in [0.4, 0.5) is 13.2 Å². The molecule has 1 N–H and O–H groups in total. The third-order valence-electron chi connectivity index (χ3n) is 3.94. The number of nitrogens with one attached hydrogen (secondary N) is 1. The van der Waals surface area contributed by atoms with Gasteiger partial charge in [0, 0.05) is 23.2 Å². The Morgan fingerprint density at radius 2 is 2.00 bits per heavy atom. The lowest BCUT2D eigenvalue weighted by Gasteiger charge is -2.10. The molecule has 0 fully saturated rings. The van der Waals surface area contributed by atoms with Gasteiger partial charge in [-0.05, 0) is 25.5 Å². The Morgan fingerprint density at radius 3 is 2.60 bits per heavy atom. The van der Waals surface area contributed by atoms with Crippen molar-refractivity contribution < 1.29 is 18.0 Å². The molecule has 3 aromatic rings. The molecule has 0 aliphatic carbocycles. The van der Waals surface area contributed by atoms with Gasteiger partial charge in [0.1, 0.15) is 5.69 Å². The molecule has 0 saturated heterocycles. The first kappa shape index (κ1) is 17.5. The SMILES string of the molecule is CCC(C)NC(=O)c1csc2nc(-c3ccc(C(F)(F)F)cc3)cn12. The van der Waals surface area contributed by atoms with Crippen molar-refractivity contribution >= 4 is 22.2 Å². The first-order valence-electron chi connectivity index (χ1n) is 7.74. The Balaban J connectivity index is 1.91. The van der Waals surface area contributed by atoms with Crippen molar-refractivity contribution in [3.8, 4) is 11.3 Å². The van der Waals surface area contributed by atoms with E-state index in [1.54, 1.807) is 16.0 Å². The number of rotatable bonds is 4. The fourth-order valence-corrected chi connectivity index (χ4v) is 3.17. The van der Waals surface area contributed by atoms with Gasteiger partial charge in [0.2, 0.25) is 0 Å². The molecule has 2 aromatic heterocycles. The van der Waals surface area contributed by atoms with Gasteiger partial charge in [-0.25, -0.2) is 4.98 Å². The Labute approximate surface area is 146 Å². The lowest BCUT2D eigenvalue weighted by atomic mass is 10.1. The highest BCUT2D eigenvalue weighted by Gasteiger charge is 2.30. The van der Waals surface area contributed by atoms with Crippen molar-refractivity contribution in [2.45, 2.75) is 32.5 Å². The Hall–Kier alpha value is -2.35. The highest BCUT2D eigenvalue weighted by molar-refractivity contribution is 7.15. The Bertz CT molecular complexity index is 896. The number of fused-ring (bicyclic) bond motifs is 1. The highest BCUT2D eigenvalue weighted by Crippen LogP contribution is 2.31. The molecule has 1 atom stereocenters. The molecule has 4 nitrogen and oxygen atoms in total. The number of carbonyl (C=O) groups is 1. The van der Waals surface area contributed by atoms with Crippen LogP contribution in [0.25, 0.3) is 16.2 Å². The molecule has 0 aliphatic heterocycles. The summed E-state index contributed by atoms with van der Waals surface area (Å²) in [5.41, 5.74) is 0.854. The zero-order valence-corrected chi connectivity index (χ0v) is 14.4. The minimum absolute atomic E-state index is 0.0559. The first-order chi connectivity index (χ1) is 11.8. The van der Waals surface area contributed by atoms with Crippen molar-refractivity contribution in [1.29, 1.82) is 0 Å². The van der Waals surface area contributed by atoms with E-state index in [0.29, 0.717) is 21.9 Å². The van der Waals surface area contributed by atoms with Crippen LogP contribution in [0.1, 0.15) is 36.3 Å². The highest BCUT2D eigenvalue weighted by atomic mass is 32.1. The second-order valence-electron chi connectivity index (χ2n) is 5.76. The van der Waals surface area contributed by atoms with E-state index in [2.05, 4.69) is 10.3 Å². The van der Waals surface area contributed by atoms with Gasteiger partial charge >= 0.3 is 6.18 Å². The summed E-state index contributed by atoms with van der Waals surface area (Å²) in [5.74, 6) is -0.197. The van der Waals surface area contributed by atoms with Crippen molar-refractivity contribution in [2.24, 2.45) is 0 Å². The lowest BCUT2D eigenvalue weighted by Crippen LogP contribution is -2.32. The Kier molecular flexibility index (Phi) is 4.55. The van der Waals surface area contributed by atoms with Gasteiger partial charge in [0.25, 0.3) is 5.91 Å². The van der Waals surface area contributed by atoms with Gasteiger partial charge in [-0.1, -0.05) is 19.1 Å². The Morgan fingerprint density at radius 1 is 1.32 bits per heavy atom. The number of thiazole rings is 1. The van der Waals surface area contributed by atoms with Crippen LogP contribution in [0.5, 0.6) is 0 Å². The minimum Gasteiger partial charge on any atom is -0.348 e. The molecule has 25 heavy (non-hydrogen) atoms. The summed E-state index contributed by atoms with van der Waals surface area (Å²) in [6, 6.07) is 4.88. The third kappa shape index (κ3) is 3.53. The number of aromatic nitrogens is 2. The molecule has 0 bridgehead atoms. The van der Waals surface area contributed by atoms with E-state index in [1.165, 1.54) is 23.5 Å². The van der Waals surface area contributed by atoms with Gasteiger partial charge in [-0.3, -0.25) is 9.20 Å². The average molecular weight is 367 g/mol. The van der Waals surface area contributed by atoms with E-state index in [4.69, 9.17) is 0 Å². The fourth-order valence-electron chi connectivity index (χ4n) is 2.32. The van der Waals surface area contributed by atoms with Crippen molar-refractivity contribution in [3.05, 3.63) is 47.1 Å². The summed E-state index contributed by atoms with van der Waals surface area (Å²) in [4.78, 5) is 17.3. The van der Waals surface area contributed by atoms with Crippen molar-refractivity contribution in [2.75, 3.05) is 0 Å². The minimum atomic E-state index is -4.37. The maximum atomic E-state index is 12.7. The summed E-state index contributed by atoms with van der Waals surface area (Å²) in [6.45, 7) is 3.90. The number of hydrogen-bond acceptors (Lipinski definition) is 3. The third-order valence-corrected chi connectivity index (χ3v) is 4.78. The molecule has 0 radical (unpaired) electrons. The molecular formula is C17H16F3N3OS. The molecular weight excluding hydrogens is 351 g/mol. The molecule has 132 valence electrons. The van der Waals surface area contributed by atoms with Crippen LogP contribution in [-0.4, -0.2) is 21.3 Å². The van der Waals surface area contributed by atoms with E-state index in [9.17, 15) is 18.0 Å². The molecule has 0 saturated carbocycles. The van der Waals surface area contributed by atoms with E-state index in [0.717, 1.165) is 18.6 Å². The van der Waals surface area contributed by atoms with Gasteiger partial charge in [0.15, 0.2) is 4.96 Å². The monoisotopic (exact) mass is 367 g/mol. The van der Waals surface area contributed by atoms with Gasteiger partial charge in [-0.15, -0.1) is 11.3 Å². The average Bonchev–Trinajstić information content (AvgIpc) is 3.14. The van der Waals surface area contributed by atoms with Crippen molar-refractivity contribution in [1.82, 2.24) is 14.7 Å². The molecule has 1 amide bonds. The van der Waals surface area contributed by atoms with Crippen LogP contribution in [0.15, 0.2) is 35.8 Å². The summed E-state index contributed by atoms with van der Waals surface area (Å²) in [5, 5.41) is 4.61. The van der Waals surface area contributed by atoms with E-state index in [1.807, 2.05) is 13.8 Å². The van der Waals surface area contributed by atoms with Gasteiger partial charge < -0.3 is 5.32 Å². The number of alkyl halides is 3. The van der Waals surface area contributed by atoms with Crippen LogP contribution in [0.2, 0.25) is 0 Å². The number of carbonyl (C=O) groups excluding carboxylic acids is 1. The molecule has 0 aliphatic rings. The van der Waals surface area contributed by atoms with Gasteiger partial charge in [-0.2, -0.15) is 13.2 Å². The summed E-state index contributed by atoms with van der Waals surface area (Å²) >= 11 is 1.31. The summed E-state index contributed by atoms with van der Waals surface area (Å²) < 4.78 is 39.6. The molecule has 0 spiro atoms. The van der Waals surface area contributed by atoms with Crippen LogP contribution in [0, 0.1) is 0 Å². The first-order valence-corrected chi connectivity index (χ1v) is 8.62. The van der Waals surface area contributed by atoms with E-state index >= 15 is 0 Å².